The zero-order valence-corrected chi connectivity index (χ0v) is 6.59. The van der Waals surface area contributed by atoms with Gasteiger partial charge in [0.1, 0.15) is 0 Å². The number of terminal acetylenes is 1. The Morgan fingerprint density at radius 1 is 1.60 bits per heavy atom. The summed E-state index contributed by atoms with van der Waals surface area (Å²) < 4.78 is 0. The summed E-state index contributed by atoms with van der Waals surface area (Å²) in [6.45, 7) is 5.06. The zero-order chi connectivity index (χ0) is 7.98. The normalized spacial score (nSPS) is 13.1. The second-order valence-electron chi connectivity index (χ2n) is 2.70. The van der Waals surface area contributed by atoms with E-state index in [-0.39, 0.29) is 12.6 Å². The van der Waals surface area contributed by atoms with Crippen molar-refractivity contribution in [1.82, 2.24) is 5.32 Å². The first-order valence-corrected chi connectivity index (χ1v) is 3.51. The third kappa shape index (κ3) is 4.37. The highest BCUT2D eigenvalue weighted by Gasteiger charge is 2.01. The van der Waals surface area contributed by atoms with E-state index in [1.165, 1.54) is 0 Å². The summed E-state index contributed by atoms with van der Waals surface area (Å²) in [5.74, 6) is 3.02. The molecule has 10 heavy (non-hydrogen) atoms. The van der Waals surface area contributed by atoms with Gasteiger partial charge in [0.05, 0.1) is 12.6 Å². The summed E-state index contributed by atoms with van der Waals surface area (Å²) in [5, 5.41) is 11.7. The first-order chi connectivity index (χ1) is 4.70. The van der Waals surface area contributed by atoms with Crippen LogP contribution >= 0.6 is 0 Å². The fraction of sp³-hybridized carbons (Fsp3) is 0.750. The molecule has 58 valence electrons. The van der Waals surface area contributed by atoms with Gasteiger partial charge in [-0.1, -0.05) is 19.8 Å². The van der Waals surface area contributed by atoms with Crippen molar-refractivity contribution in [3.05, 3.63) is 0 Å². The highest BCUT2D eigenvalue weighted by molar-refractivity contribution is 4.98. The van der Waals surface area contributed by atoms with Gasteiger partial charge >= 0.3 is 0 Å². The first kappa shape index (κ1) is 9.48. The molecular formula is C8H15NO. The summed E-state index contributed by atoms with van der Waals surface area (Å²) >= 11 is 0. The van der Waals surface area contributed by atoms with E-state index in [0.29, 0.717) is 5.92 Å². The number of rotatable bonds is 4. The summed E-state index contributed by atoms with van der Waals surface area (Å²) in [6.07, 6.45) is 5.10. The Labute approximate surface area is 62.6 Å². The molecule has 0 radical (unpaired) electrons. The number of aliphatic hydroxyl groups is 1. The van der Waals surface area contributed by atoms with E-state index >= 15 is 0 Å². The van der Waals surface area contributed by atoms with Gasteiger partial charge in [0.25, 0.3) is 0 Å². The van der Waals surface area contributed by atoms with E-state index in [1.54, 1.807) is 0 Å². The molecule has 0 aromatic rings. The molecule has 2 nitrogen and oxygen atoms in total. The Bertz CT molecular complexity index is 115. The van der Waals surface area contributed by atoms with E-state index in [0.717, 1.165) is 6.54 Å². The van der Waals surface area contributed by atoms with Gasteiger partial charge < -0.3 is 10.4 Å². The van der Waals surface area contributed by atoms with Gasteiger partial charge in [-0.05, 0) is 12.5 Å². The molecule has 0 aliphatic rings. The molecule has 0 aliphatic heterocycles. The fourth-order valence-electron chi connectivity index (χ4n) is 0.554. The Morgan fingerprint density at radius 2 is 2.20 bits per heavy atom. The minimum Gasteiger partial charge on any atom is -0.394 e. The maximum atomic E-state index is 8.63. The molecular weight excluding hydrogens is 126 g/mol. The number of nitrogens with one attached hydrogen (secondary N) is 1. The van der Waals surface area contributed by atoms with Crippen LogP contribution in [0.15, 0.2) is 0 Å². The van der Waals surface area contributed by atoms with Crippen LogP contribution in [0.25, 0.3) is 0 Å². The fourth-order valence-corrected chi connectivity index (χ4v) is 0.554. The molecule has 0 saturated heterocycles. The van der Waals surface area contributed by atoms with E-state index < -0.39 is 0 Å². The largest absolute Gasteiger partial charge is 0.394 e. The maximum Gasteiger partial charge on any atom is 0.0921 e. The molecule has 0 fully saturated rings. The molecule has 0 aromatic heterocycles. The van der Waals surface area contributed by atoms with Gasteiger partial charge in [-0.2, -0.15) is 0 Å². The molecule has 0 saturated carbocycles. The SMILES string of the molecule is C#CC(CO)NCC(C)C. The molecule has 1 unspecified atom stereocenters. The summed E-state index contributed by atoms with van der Waals surface area (Å²) in [5.41, 5.74) is 0. The van der Waals surface area contributed by atoms with Crippen LogP contribution in [0.5, 0.6) is 0 Å². The lowest BCUT2D eigenvalue weighted by Gasteiger charge is -2.11. The van der Waals surface area contributed by atoms with Gasteiger partial charge in [0.15, 0.2) is 0 Å². The lowest BCUT2D eigenvalue weighted by molar-refractivity contribution is 0.265. The van der Waals surface area contributed by atoms with E-state index in [2.05, 4.69) is 25.1 Å². The van der Waals surface area contributed by atoms with Crippen LogP contribution < -0.4 is 5.32 Å². The third-order valence-electron chi connectivity index (χ3n) is 1.16. The van der Waals surface area contributed by atoms with Gasteiger partial charge in [0.2, 0.25) is 0 Å². The zero-order valence-electron chi connectivity index (χ0n) is 6.59. The maximum absolute atomic E-state index is 8.63. The van der Waals surface area contributed by atoms with Crippen molar-refractivity contribution in [1.29, 1.82) is 0 Å². The van der Waals surface area contributed by atoms with Gasteiger partial charge in [0, 0.05) is 0 Å². The molecule has 2 N–H and O–H groups in total. The van der Waals surface area contributed by atoms with Crippen LogP contribution in [0.1, 0.15) is 13.8 Å². The lowest BCUT2D eigenvalue weighted by atomic mass is 10.2. The lowest BCUT2D eigenvalue weighted by Crippen LogP contribution is -2.33. The Kier molecular flexibility index (Phi) is 5.00. The van der Waals surface area contributed by atoms with Crippen molar-refractivity contribution in [3.8, 4) is 12.3 Å². The molecule has 0 aliphatic carbocycles. The van der Waals surface area contributed by atoms with Crippen molar-refractivity contribution >= 4 is 0 Å². The average molecular weight is 141 g/mol. The molecule has 0 aromatic carbocycles. The second-order valence-corrected chi connectivity index (χ2v) is 2.70. The summed E-state index contributed by atoms with van der Waals surface area (Å²) in [7, 11) is 0. The van der Waals surface area contributed by atoms with Crippen LogP contribution in [-0.4, -0.2) is 24.3 Å². The molecule has 1 atom stereocenters. The predicted octanol–water partition coefficient (Wildman–Crippen LogP) is 0.226. The van der Waals surface area contributed by atoms with Crippen LogP contribution in [0.3, 0.4) is 0 Å². The smallest absolute Gasteiger partial charge is 0.0921 e. The van der Waals surface area contributed by atoms with E-state index in [4.69, 9.17) is 11.5 Å². The monoisotopic (exact) mass is 141 g/mol. The Balaban J connectivity index is 3.38. The van der Waals surface area contributed by atoms with Gasteiger partial charge in [-0.25, -0.2) is 0 Å². The molecule has 0 heterocycles. The predicted molar refractivity (Wildman–Crippen MR) is 42.5 cm³/mol. The highest BCUT2D eigenvalue weighted by Crippen LogP contribution is 1.88. The highest BCUT2D eigenvalue weighted by atomic mass is 16.3. The van der Waals surface area contributed by atoms with Crippen molar-refractivity contribution in [3.63, 3.8) is 0 Å². The van der Waals surface area contributed by atoms with Crippen LogP contribution in [0.4, 0.5) is 0 Å². The van der Waals surface area contributed by atoms with Crippen molar-refractivity contribution in [2.24, 2.45) is 5.92 Å². The number of hydrogen-bond donors (Lipinski definition) is 2. The summed E-state index contributed by atoms with van der Waals surface area (Å²) in [6, 6.07) is -0.178. The first-order valence-electron chi connectivity index (χ1n) is 3.51. The van der Waals surface area contributed by atoms with E-state index in [1.807, 2.05) is 0 Å². The van der Waals surface area contributed by atoms with Crippen LogP contribution in [0.2, 0.25) is 0 Å². The quantitative estimate of drug-likeness (QED) is 0.549. The van der Waals surface area contributed by atoms with Crippen molar-refractivity contribution in [2.75, 3.05) is 13.2 Å². The molecule has 0 amide bonds. The van der Waals surface area contributed by atoms with Crippen LogP contribution in [0, 0.1) is 18.3 Å². The number of aliphatic hydroxyl groups excluding tert-OH is 1. The molecule has 2 heteroatoms. The molecule has 0 spiro atoms. The average Bonchev–Trinajstić information content (AvgIpc) is 1.90. The number of hydrogen-bond acceptors (Lipinski definition) is 2. The van der Waals surface area contributed by atoms with Crippen LogP contribution in [-0.2, 0) is 0 Å². The standard InChI is InChI=1S/C8H15NO/c1-4-8(6-10)9-5-7(2)3/h1,7-10H,5-6H2,2-3H3. The minimum atomic E-state index is -0.178. The molecule has 0 bridgehead atoms. The second kappa shape index (κ2) is 5.28. The van der Waals surface area contributed by atoms with Crippen molar-refractivity contribution < 1.29 is 5.11 Å². The minimum absolute atomic E-state index is 0.0171. The van der Waals surface area contributed by atoms with Gasteiger partial charge in [-0.3, -0.25) is 0 Å². The Morgan fingerprint density at radius 3 is 2.50 bits per heavy atom. The summed E-state index contributed by atoms with van der Waals surface area (Å²) in [4.78, 5) is 0. The van der Waals surface area contributed by atoms with E-state index in [9.17, 15) is 0 Å². The molecule has 0 rings (SSSR count). The third-order valence-corrected chi connectivity index (χ3v) is 1.16. The van der Waals surface area contributed by atoms with Crippen molar-refractivity contribution in [2.45, 2.75) is 19.9 Å². The van der Waals surface area contributed by atoms with Gasteiger partial charge in [-0.15, -0.1) is 6.42 Å². The topological polar surface area (TPSA) is 32.3 Å². The Hall–Kier alpha value is -0.520.